The number of aryl methyl sites for hydroxylation is 1. The van der Waals surface area contributed by atoms with Gasteiger partial charge in [-0.25, -0.2) is 9.67 Å². The zero-order valence-corrected chi connectivity index (χ0v) is 19.5. The summed E-state index contributed by atoms with van der Waals surface area (Å²) < 4.78 is 2.44. The Morgan fingerprint density at radius 3 is 2.47 bits per heavy atom. The predicted octanol–water partition coefficient (Wildman–Crippen LogP) is 5.78. The molecular formula is C25H24N4OS2. The molecule has 1 aliphatic carbocycles. The van der Waals surface area contributed by atoms with Gasteiger partial charge in [0.05, 0.1) is 10.6 Å². The van der Waals surface area contributed by atoms with E-state index in [1.807, 2.05) is 65.6 Å². The van der Waals surface area contributed by atoms with Crippen LogP contribution in [0, 0.1) is 6.92 Å². The first-order chi connectivity index (χ1) is 15.6. The zero-order chi connectivity index (χ0) is 22.1. The standard InChI is InChI=1S/C25H24N4OS2/c1-17-12-14-18(15-13-17)23-26-22(29(27-23)20-10-6-3-7-11-20)16-21-24(30)28(25(31)32-21)19-8-4-2-5-9-19/h3,6-7,10-16,19H,2,4-5,8-9H2,1H3/b21-16+. The molecule has 1 saturated carbocycles. The smallest absolute Gasteiger partial charge is 0.266 e. The van der Waals surface area contributed by atoms with Crippen molar-refractivity contribution in [2.45, 2.75) is 45.1 Å². The third kappa shape index (κ3) is 4.14. The van der Waals surface area contributed by atoms with Crippen LogP contribution in [-0.4, -0.2) is 35.9 Å². The van der Waals surface area contributed by atoms with E-state index in [-0.39, 0.29) is 11.9 Å². The second kappa shape index (κ2) is 9.00. The van der Waals surface area contributed by atoms with Crippen LogP contribution in [-0.2, 0) is 4.79 Å². The summed E-state index contributed by atoms with van der Waals surface area (Å²) in [5.41, 5.74) is 3.02. The Balaban J connectivity index is 1.53. The molecule has 0 atom stereocenters. The second-order valence-electron chi connectivity index (χ2n) is 8.25. The molecule has 32 heavy (non-hydrogen) atoms. The third-order valence-electron chi connectivity index (χ3n) is 5.97. The van der Waals surface area contributed by atoms with Gasteiger partial charge < -0.3 is 0 Å². The van der Waals surface area contributed by atoms with E-state index in [9.17, 15) is 4.79 Å². The minimum Gasteiger partial charge on any atom is -0.290 e. The van der Waals surface area contributed by atoms with E-state index in [4.69, 9.17) is 22.3 Å². The number of rotatable bonds is 4. The molecule has 1 aliphatic heterocycles. The van der Waals surface area contributed by atoms with Gasteiger partial charge in [0.2, 0.25) is 0 Å². The van der Waals surface area contributed by atoms with Crippen molar-refractivity contribution in [1.82, 2.24) is 19.7 Å². The molecule has 2 aliphatic rings. The van der Waals surface area contributed by atoms with Gasteiger partial charge in [-0.05, 0) is 31.9 Å². The maximum atomic E-state index is 13.3. The van der Waals surface area contributed by atoms with Crippen LogP contribution in [0.1, 0.15) is 43.5 Å². The Labute approximate surface area is 197 Å². The number of amides is 1. The molecule has 2 fully saturated rings. The van der Waals surface area contributed by atoms with Gasteiger partial charge in [0.15, 0.2) is 11.6 Å². The Bertz CT molecular complexity index is 1180. The van der Waals surface area contributed by atoms with Gasteiger partial charge in [0.1, 0.15) is 4.32 Å². The fraction of sp³-hybridized carbons (Fsp3) is 0.280. The van der Waals surface area contributed by atoms with Crippen molar-refractivity contribution >= 4 is 40.3 Å². The van der Waals surface area contributed by atoms with Crippen molar-refractivity contribution in [2.24, 2.45) is 0 Å². The van der Waals surface area contributed by atoms with Crippen LogP contribution in [0.3, 0.4) is 0 Å². The molecule has 0 spiro atoms. The van der Waals surface area contributed by atoms with Crippen LogP contribution >= 0.6 is 24.0 Å². The molecule has 0 N–H and O–H groups in total. The summed E-state index contributed by atoms with van der Waals surface area (Å²) in [6, 6.07) is 18.2. The molecule has 1 aromatic heterocycles. The normalized spacial score (nSPS) is 18.7. The van der Waals surface area contributed by atoms with Crippen molar-refractivity contribution in [3.63, 3.8) is 0 Å². The lowest BCUT2D eigenvalue weighted by Crippen LogP contribution is -2.39. The molecule has 2 heterocycles. The van der Waals surface area contributed by atoms with Crippen molar-refractivity contribution in [2.75, 3.05) is 0 Å². The number of nitrogens with zero attached hydrogens (tertiary/aromatic N) is 4. The van der Waals surface area contributed by atoms with Crippen molar-refractivity contribution in [3.05, 3.63) is 70.9 Å². The van der Waals surface area contributed by atoms with E-state index in [1.54, 1.807) is 4.68 Å². The highest BCUT2D eigenvalue weighted by atomic mass is 32.2. The number of carbonyl (C=O) groups excluding carboxylic acids is 1. The van der Waals surface area contributed by atoms with Crippen molar-refractivity contribution < 1.29 is 4.79 Å². The highest BCUT2D eigenvalue weighted by Crippen LogP contribution is 2.37. The fourth-order valence-corrected chi connectivity index (χ4v) is 5.62. The van der Waals surface area contributed by atoms with Gasteiger partial charge in [-0.15, -0.1) is 5.10 Å². The fourth-order valence-electron chi connectivity index (χ4n) is 4.25. The Hall–Kier alpha value is -2.77. The van der Waals surface area contributed by atoms with Crippen molar-refractivity contribution in [1.29, 1.82) is 0 Å². The van der Waals surface area contributed by atoms with E-state index in [2.05, 4.69) is 6.92 Å². The summed E-state index contributed by atoms with van der Waals surface area (Å²) in [6.45, 7) is 2.06. The van der Waals surface area contributed by atoms with Gasteiger partial charge in [0.25, 0.3) is 5.91 Å². The maximum Gasteiger partial charge on any atom is 0.266 e. The number of para-hydroxylation sites is 1. The first-order valence-electron chi connectivity index (χ1n) is 11.0. The van der Waals surface area contributed by atoms with Gasteiger partial charge >= 0.3 is 0 Å². The number of thiocarbonyl (C=S) groups is 1. The molecular weight excluding hydrogens is 436 g/mol. The van der Waals surface area contributed by atoms with E-state index in [1.165, 1.54) is 23.7 Å². The second-order valence-corrected chi connectivity index (χ2v) is 9.93. The number of hydrogen-bond acceptors (Lipinski definition) is 5. The maximum absolute atomic E-state index is 13.3. The van der Waals surface area contributed by atoms with Gasteiger partial charge in [-0.2, -0.15) is 0 Å². The topological polar surface area (TPSA) is 51.0 Å². The van der Waals surface area contributed by atoms with Crippen LogP contribution in [0.2, 0.25) is 0 Å². The van der Waals surface area contributed by atoms with Crippen LogP contribution in [0.4, 0.5) is 0 Å². The van der Waals surface area contributed by atoms with E-state index >= 15 is 0 Å². The number of thioether (sulfide) groups is 1. The first kappa shape index (κ1) is 21.1. The SMILES string of the molecule is Cc1ccc(-c2nc(/C=C3/SC(=S)N(C4CCCCC4)C3=O)n(-c3ccccc3)n2)cc1. The molecule has 5 rings (SSSR count). The van der Waals surface area contributed by atoms with Crippen LogP contribution in [0.5, 0.6) is 0 Å². The molecule has 5 nitrogen and oxygen atoms in total. The minimum absolute atomic E-state index is 0.00797. The lowest BCUT2D eigenvalue weighted by molar-refractivity contribution is -0.124. The van der Waals surface area contributed by atoms with Crippen molar-refractivity contribution in [3.8, 4) is 17.1 Å². The highest BCUT2D eigenvalue weighted by Gasteiger charge is 2.37. The van der Waals surface area contributed by atoms with E-state index in [0.717, 1.165) is 36.9 Å². The van der Waals surface area contributed by atoms with Crippen LogP contribution in [0.25, 0.3) is 23.2 Å². The molecule has 0 radical (unpaired) electrons. The molecule has 7 heteroatoms. The Morgan fingerprint density at radius 1 is 1.03 bits per heavy atom. The zero-order valence-electron chi connectivity index (χ0n) is 17.9. The monoisotopic (exact) mass is 460 g/mol. The summed E-state index contributed by atoms with van der Waals surface area (Å²) in [4.78, 5) is 20.5. The largest absolute Gasteiger partial charge is 0.290 e. The van der Waals surface area contributed by atoms with E-state index < -0.39 is 0 Å². The number of carbonyl (C=O) groups is 1. The van der Waals surface area contributed by atoms with Gasteiger partial charge in [-0.3, -0.25) is 9.69 Å². The number of aromatic nitrogens is 3. The predicted molar refractivity (Wildman–Crippen MR) is 133 cm³/mol. The quantitative estimate of drug-likeness (QED) is 0.365. The number of benzene rings is 2. The van der Waals surface area contributed by atoms with Crippen LogP contribution in [0.15, 0.2) is 59.5 Å². The van der Waals surface area contributed by atoms with Gasteiger partial charge in [-0.1, -0.05) is 91.3 Å². The van der Waals surface area contributed by atoms with Crippen LogP contribution < -0.4 is 0 Å². The highest BCUT2D eigenvalue weighted by molar-refractivity contribution is 8.26. The Morgan fingerprint density at radius 2 is 1.75 bits per heavy atom. The molecule has 3 aromatic rings. The summed E-state index contributed by atoms with van der Waals surface area (Å²) in [6.07, 6.45) is 7.43. The average Bonchev–Trinajstić information content (AvgIpc) is 3.36. The molecule has 2 aromatic carbocycles. The number of hydrogen-bond donors (Lipinski definition) is 0. The minimum atomic E-state index is -0.00797. The average molecular weight is 461 g/mol. The lowest BCUT2D eigenvalue weighted by atomic mass is 9.94. The summed E-state index contributed by atoms with van der Waals surface area (Å²) in [5.74, 6) is 1.24. The van der Waals surface area contributed by atoms with E-state index in [0.29, 0.717) is 20.9 Å². The summed E-state index contributed by atoms with van der Waals surface area (Å²) >= 11 is 6.97. The molecule has 0 bridgehead atoms. The first-order valence-corrected chi connectivity index (χ1v) is 12.2. The summed E-state index contributed by atoms with van der Waals surface area (Å²) in [7, 11) is 0. The Kier molecular flexibility index (Phi) is 5.93. The molecule has 0 unspecified atom stereocenters. The molecule has 162 valence electrons. The third-order valence-corrected chi connectivity index (χ3v) is 7.30. The van der Waals surface area contributed by atoms with Gasteiger partial charge in [0, 0.05) is 17.7 Å². The summed E-state index contributed by atoms with van der Waals surface area (Å²) in [5, 5.41) is 4.77. The lowest BCUT2D eigenvalue weighted by Gasteiger charge is -2.29. The molecule has 1 saturated heterocycles. The molecule has 1 amide bonds.